The van der Waals surface area contributed by atoms with Gasteiger partial charge in [0.2, 0.25) is 0 Å². The van der Waals surface area contributed by atoms with E-state index in [0.29, 0.717) is 24.8 Å². The molecule has 94 valence electrons. The molecule has 1 atom stereocenters. The number of carbonyl (C=O) groups is 1. The number of Topliss-reactive ketones (excluding diaryl/α,β-unsaturated/α-hetero) is 1. The third kappa shape index (κ3) is 3.46. The van der Waals surface area contributed by atoms with E-state index < -0.39 is 0 Å². The Balaban J connectivity index is 0.00000144. The smallest absolute Gasteiger partial charge is 0.196 e. The number of hydrogen-bond acceptors (Lipinski definition) is 5. The molecule has 2 rings (SSSR count). The van der Waals surface area contributed by atoms with Crippen molar-refractivity contribution in [3.8, 4) is 0 Å². The first kappa shape index (κ1) is 14.0. The molecule has 0 bridgehead atoms. The van der Waals surface area contributed by atoms with Crippen molar-refractivity contribution in [3.63, 3.8) is 0 Å². The van der Waals surface area contributed by atoms with Crippen molar-refractivity contribution in [1.82, 2.24) is 14.9 Å². The van der Waals surface area contributed by atoms with E-state index in [9.17, 15) is 4.79 Å². The Bertz CT molecular complexity index is 360. The van der Waals surface area contributed by atoms with Crippen molar-refractivity contribution in [2.24, 2.45) is 5.73 Å². The summed E-state index contributed by atoms with van der Waals surface area (Å²) in [4.78, 5) is 21.9. The number of likely N-dealkylation sites (tertiary alicyclic amines) is 1. The normalized spacial score (nSPS) is 19.9. The van der Waals surface area contributed by atoms with E-state index in [0.717, 1.165) is 19.4 Å². The van der Waals surface area contributed by atoms with Crippen molar-refractivity contribution < 1.29 is 4.79 Å². The molecule has 0 spiro atoms. The summed E-state index contributed by atoms with van der Waals surface area (Å²) in [6, 6.07) is 0.348. The number of halogens is 1. The van der Waals surface area contributed by atoms with Gasteiger partial charge in [-0.05, 0) is 19.4 Å². The summed E-state index contributed by atoms with van der Waals surface area (Å²) in [7, 11) is 0. The maximum absolute atomic E-state index is 11.9. The molecular weight excluding hydrogens is 240 g/mol. The van der Waals surface area contributed by atoms with Gasteiger partial charge in [-0.1, -0.05) is 0 Å². The summed E-state index contributed by atoms with van der Waals surface area (Å²) in [5, 5.41) is 0. The quantitative estimate of drug-likeness (QED) is 0.795. The Labute approximate surface area is 107 Å². The first-order chi connectivity index (χ1) is 7.81. The molecule has 6 heteroatoms. The van der Waals surface area contributed by atoms with Crippen LogP contribution in [0.2, 0.25) is 0 Å². The molecule has 1 aromatic heterocycles. The number of carbonyl (C=O) groups excluding carboxylic acids is 1. The van der Waals surface area contributed by atoms with Gasteiger partial charge in [0.05, 0.1) is 12.7 Å². The number of nitrogens with zero attached hydrogens (tertiary/aromatic N) is 3. The van der Waals surface area contributed by atoms with E-state index in [1.807, 2.05) is 0 Å². The molecule has 1 aliphatic heterocycles. The third-order valence-electron chi connectivity index (χ3n) is 2.97. The van der Waals surface area contributed by atoms with Crippen molar-refractivity contribution >= 4 is 18.2 Å². The van der Waals surface area contributed by atoms with Gasteiger partial charge in [0.15, 0.2) is 5.78 Å². The van der Waals surface area contributed by atoms with Gasteiger partial charge in [-0.15, -0.1) is 12.4 Å². The zero-order chi connectivity index (χ0) is 11.4. The average Bonchev–Trinajstić information content (AvgIpc) is 2.77. The highest BCUT2D eigenvalue weighted by molar-refractivity contribution is 5.95. The van der Waals surface area contributed by atoms with Crippen molar-refractivity contribution in [1.29, 1.82) is 0 Å². The van der Waals surface area contributed by atoms with E-state index in [-0.39, 0.29) is 18.2 Å². The second kappa shape index (κ2) is 6.64. The van der Waals surface area contributed by atoms with Crippen LogP contribution < -0.4 is 5.73 Å². The fourth-order valence-corrected chi connectivity index (χ4v) is 2.08. The summed E-state index contributed by atoms with van der Waals surface area (Å²) < 4.78 is 0. The molecule has 0 radical (unpaired) electrons. The van der Waals surface area contributed by atoms with Crippen molar-refractivity contribution in [3.05, 3.63) is 24.3 Å². The lowest BCUT2D eigenvalue weighted by molar-refractivity contribution is 0.0918. The third-order valence-corrected chi connectivity index (χ3v) is 2.97. The zero-order valence-corrected chi connectivity index (χ0v) is 10.4. The first-order valence-corrected chi connectivity index (χ1v) is 5.54. The van der Waals surface area contributed by atoms with Crippen molar-refractivity contribution in [2.75, 3.05) is 19.6 Å². The maximum Gasteiger partial charge on any atom is 0.196 e. The minimum atomic E-state index is 0. The molecule has 0 aliphatic carbocycles. The van der Waals surface area contributed by atoms with Crippen LogP contribution in [-0.2, 0) is 0 Å². The minimum Gasteiger partial charge on any atom is -0.329 e. The van der Waals surface area contributed by atoms with Crippen LogP contribution in [0, 0.1) is 0 Å². The van der Waals surface area contributed by atoms with Crippen LogP contribution in [0.3, 0.4) is 0 Å². The van der Waals surface area contributed by atoms with Crippen molar-refractivity contribution in [2.45, 2.75) is 18.9 Å². The molecule has 1 fully saturated rings. The number of nitrogens with two attached hydrogens (primary N) is 1. The summed E-state index contributed by atoms with van der Waals surface area (Å²) >= 11 is 0. The zero-order valence-electron chi connectivity index (χ0n) is 9.58. The van der Waals surface area contributed by atoms with Gasteiger partial charge in [0.25, 0.3) is 0 Å². The second-order valence-electron chi connectivity index (χ2n) is 4.02. The molecule has 2 heterocycles. The van der Waals surface area contributed by atoms with Gasteiger partial charge in [-0.3, -0.25) is 14.7 Å². The molecule has 17 heavy (non-hydrogen) atoms. The van der Waals surface area contributed by atoms with E-state index in [4.69, 9.17) is 5.73 Å². The lowest BCUT2D eigenvalue weighted by Gasteiger charge is -2.21. The van der Waals surface area contributed by atoms with E-state index >= 15 is 0 Å². The molecule has 5 nitrogen and oxygen atoms in total. The molecule has 1 saturated heterocycles. The van der Waals surface area contributed by atoms with Crippen LogP contribution >= 0.6 is 12.4 Å². The molecule has 2 N–H and O–H groups in total. The van der Waals surface area contributed by atoms with Gasteiger partial charge in [-0.25, -0.2) is 4.98 Å². The monoisotopic (exact) mass is 256 g/mol. The van der Waals surface area contributed by atoms with Crippen LogP contribution in [0.4, 0.5) is 0 Å². The highest BCUT2D eigenvalue weighted by atomic mass is 35.5. The number of ketones is 1. The van der Waals surface area contributed by atoms with Crippen LogP contribution in [0.25, 0.3) is 0 Å². The summed E-state index contributed by atoms with van der Waals surface area (Å²) in [5.41, 5.74) is 6.09. The summed E-state index contributed by atoms with van der Waals surface area (Å²) in [6.45, 7) is 1.97. The second-order valence-corrected chi connectivity index (χ2v) is 4.02. The summed E-state index contributed by atoms with van der Waals surface area (Å²) in [6.07, 6.45) is 6.82. The molecule has 1 aliphatic rings. The van der Waals surface area contributed by atoms with Gasteiger partial charge in [-0.2, -0.15) is 0 Å². The predicted molar refractivity (Wildman–Crippen MR) is 67.3 cm³/mol. The maximum atomic E-state index is 11.9. The highest BCUT2D eigenvalue weighted by Gasteiger charge is 2.25. The molecule has 1 aromatic rings. The Morgan fingerprint density at radius 3 is 3.00 bits per heavy atom. The lowest BCUT2D eigenvalue weighted by atomic mass is 10.2. The highest BCUT2D eigenvalue weighted by Crippen LogP contribution is 2.16. The fourth-order valence-electron chi connectivity index (χ4n) is 2.08. The van der Waals surface area contributed by atoms with Gasteiger partial charge in [0.1, 0.15) is 5.69 Å². The minimum absolute atomic E-state index is 0. The Morgan fingerprint density at radius 1 is 1.53 bits per heavy atom. The van der Waals surface area contributed by atoms with E-state index in [1.165, 1.54) is 12.4 Å². The Kier molecular flexibility index (Phi) is 5.47. The van der Waals surface area contributed by atoms with Crippen LogP contribution in [-0.4, -0.2) is 46.3 Å². The fraction of sp³-hybridized carbons (Fsp3) is 0.545. The van der Waals surface area contributed by atoms with Crippen LogP contribution in [0.5, 0.6) is 0 Å². The lowest BCUT2D eigenvalue weighted by Crippen LogP contribution is -2.38. The van der Waals surface area contributed by atoms with E-state index in [1.54, 1.807) is 6.20 Å². The molecule has 0 amide bonds. The Morgan fingerprint density at radius 2 is 2.35 bits per heavy atom. The summed E-state index contributed by atoms with van der Waals surface area (Å²) in [5.74, 6) is 0.0217. The topological polar surface area (TPSA) is 72.1 Å². The largest absolute Gasteiger partial charge is 0.329 e. The van der Waals surface area contributed by atoms with E-state index in [2.05, 4.69) is 14.9 Å². The standard InChI is InChI=1S/C11H16N4O.ClH/c12-6-9-2-1-5-15(9)8-11(16)10-7-13-3-4-14-10;/h3-4,7,9H,1-2,5-6,8,12H2;1H. The van der Waals surface area contributed by atoms with Crippen LogP contribution in [0.15, 0.2) is 18.6 Å². The Hall–Kier alpha value is -1.04. The average molecular weight is 257 g/mol. The first-order valence-electron chi connectivity index (χ1n) is 5.54. The van der Waals surface area contributed by atoms with Gasteiger partial charge in [0, 0.05) is 25.0 Å². The van der Waals surface area contributed by atoms with Gasteiger partial charge < -0.3 is 5.73 Å². The predicted octanol–water partition coefficient (Wildman–Crippen LogP) is 0.504. The van der Waals surface area contributed by atoms with Crippen LogP contribution in [0.1, 0.15) is 23.3 Å². The number of aromatic nitrogens is 2. The number of rotatable bonds is 4. The van der Waals surface area contributed by atoms with Gasteiger partial charge >= 0.3 is 0 Å². The SMILES string of the molecule is Cl.NCC1CCCN1CC(=O)c1cnccn1. The molecule has 0 aromatic carbocycles. The molecule has 0 saturated carbocycles. The molecular formula is C11H17ClN4O. The number of hydrogen-bond donors (Lipinski definition) is 1. The molecule has 1 unspecified atom stereocenters.